The Labute approximate surface area is 205 Å². The normalized spacial score (nSPS) is 11.0. The van der Waals surface area contributed by atoms with E-state index in [1.165, 1.54) is 28.0 Å². The van der Waals surface area contributed by atoms with Crippen LogP contribution < -0.4 is 15.6 Å². The van der Waals surface area contributed by atoms with E-state index in [-0.39, 0.29) is 36.2 Å². The molecule has 0 bridgehead atoms. The van der Waals surface area contributed by atoms with Crippen molar-refractivity contribution >= 4 is 33.9 Å². The number of esters is 1. The summed E-state index contributed by atoms with van der Waals surface area (Å²) in [4.78, 5) is 42.0. The average molecular weight is 493 g/mol. The van der Waals surface area contributed by atoms with E-state index in [1.54, 1.807) is 30.3 Å². The second-order valence-corrected chi connectivity index (χ2v) is 9.17. The second kappa shape index (κ2) is 10.5. The van der Waals surface area contributed by atoms with E-state index >= 15 is 0 Å². The number of carbonyl (C=O) groups is 2. The molecule has 1 amide bonds. The Morgan fingerprint density at radius 1 is 1.11 bits per heavy atom. The van der Waals surface area contributed by atoms with Gasteiger partial charge in [0.2, 0.25) is 4.96 Å². The number of aryl methyl sites for hydroxylation is 1. The van der Waals surface area contributed by atoms with Crippen LogP contribution in [-0.2, 0) is 16.1 Å². The van der Waals surface area contributed by atoms with Gasteiger partial charge in [0, 0.05) is 17.7 Å². The highest BCUT2D eigenvalue weighted by atomic mass is 32.1. The molecule has 0 aliphatic rings. The molecule has 0 atom stereocenters. The van der Waals surface area contributed by atoms with Crippen LogP contribution >= 0.6 is 11.3 Å². The van der Waals surface area contributed by atoms with Crippen molar-refractivity contribution in [3.8, 4) is 5.75 Å². The molecule has 0 saturated heterocycles. The smallest absolute Gasteiger partial charge is 0.338 e. The number of benzene rings is 2. The zero-order valence-electron chi connectivity index (χ0n) is 19.5. The molecule has 10 heteroatoms. The molecule has 0 fully saturated rings. The van der Waals surface area contributed by atoms with Crippen LogP contribution in [0.2, 0.25) is 0 Å². The molecule has 0 aliphatic heterocycles. The Morgan fingerprint density at radius 3 is 2.63 bits per heavy atom. The molecule has 180 valence electrons. The first kappa shape index (κ1) is 24.1. The minimum Gasteiger partial charge on any atom is -0.484 e. The van der Waals surface area contributed by atoms with Gasteiger partial charge in [0.15, 0.2) is 6.61 Å². The maximum absolute atomic E-state index is 12.6. The fourth-order valence-corrected chi connectivity index (χ4v) is 4.03. The lowest BCUT2D eigenvalue weighted by Gasteiger charge is -2.09. The Balaban J connectivity index is 1.35. The van der Waals surface area contributed by atoms with Gasteiger partial charge in [-0.3, -0.25) is 9.59 Å². The molecule has 2 aromatic carbocycles. The number of anilines is 1. The van der Waals surface area contributed by atoms with Gasteiger partial charge in [0.1, 0.15) is 17.4 Å². The predicted octanol–water partition coefficient (Wildman–Crippen LogP) is 3.96. The minimum absolute atomic E-state index is 0.166. The lowest BCUT2D eigenvalue weighted by molar-refractivity contribution is -0.118. The molecule has 0 saturated carbocycles. The Morgan fingerprint density at radius 2 is 1.89 bits per heavy atom. The fourth-order valence-electron chi connectivity index (χ4n) is 3.11. The van der Waals surface area contributed by atoms with Crippen LogP contribution in [0.3, 0.4) is 0 Å². The SMILES string of the molecule is Cc1ccc(OCC(=O)Nc2cccc(C(=O)OCc3cc(=O)n4nc(C(C)C)sc4n3)c2)cc1. The molecule has 35 heavy (non-hydrogen) atoms. The molecule has 9 nitrogen and oxygen atoms in total. The molecular formula is C25H24N4O5S. The third-order valence-corrected chi connectivity index (χ3v) is 6.14. The average Bonchev–Trinajstić information content (AvgIpc) is 3.28. The first-order valence-electron chi connectivity index (χ1n) is 10.9. The molecule has 4 rings (SSSR count). The van der Waals surface area contributed by atoms with Crippen LogP contribution in [0, 0.1) is 6.92 Å². The van der Waals surface area contributed by atoms with E-state index in [0.717, 1.165) is 10.6 Å². The number of fused-ring (bicyclic) bond motifs is 1. The van der Waals surface area contributed by atoms with Crippen molar-refractivity contribution in [3.63, 3.8) is 0 Å². The highest BCUT2D eigenvalue weighted by Crippen LogP contribution is 2.20. The lowest BCUT2D eigenvalue weighted by Crippen LogP contribution is -2.20. The topological polar surface area (TPSA) is 112 Å². The Bertz CT molecular complexity index is 1430. The lowest BCUT2D eigenvalue weighted by atomic mass is 10.2. The van der Waals surface area contributed by atoms with Crippen molar-refractivity contribution in [2.45, 2.75) is 33.3 Å². The highest BCUT2D eigenvalue weighted by Gasteiger charge is 2.14. The molecule has 4 aromatic rings. The van der Waals surface area contributed by atoms with Gasteiger partial charge in [-0.05, 0) is 37.3 Å². The molecule has 0 unspecified atom stereocenters. The summed E-state index contributed by atoms with van der Waals surface area (Å²) in [5.41, 5.74) is 1.78. The summed E-state index contributed by atoms with van der Waals surface area (Å²) in [5, 5.41) is 7.77. The number of rotatable bonds is 8. The molecule has 0 aliphatic carbocycles. The molecule has 0 radical (unpaired) electrons. The maximum atomic E-state index is 12.6. The van der Waals surface area contributed by atoms with Crippen molar-refractivity contribution in [1.29, 1.82) is 0 Å². The van der Waals surface area contributed by atoms with E-state index in [2.05, 4.69) is 15.4 Å². The Kier molecular flexibility index (Phi) is 7.21. The standard InChI is InChI=1S/C25H24N4O5S/c1-15(2)23-28-29-22(31)12-19(27-25(29)35-23)13-34-24(32)17-5-4-6-18(11-17)26-21(30)14-33-20-9-7-16(3)8-10-20/h4-12,15H,13-14H2,1-3H3,(H,26,30). The quantitative estimate of drug-likeness (QED) is 0.371. The van der Waals surface area contributed by atoms with Gasteiger partial charge in [0.05, 0.1) is 11.3 Å². The van der Waals surface area contributed by atoms with Crippen LogP contribution in [0.25, 0.3) is 4.96 Å². The van der Waals surface area contributed by atoms with Crippen molar-refractivity contribution in [1.82, 2.24) is 14.6 Å². The van der Waals surface area contributed by atoms with Crippen molar-refractivity contribution in [2.75, 3.05) is 11.9 Å². The van der Waals surface area contributed by atoms with Gasteiger partial charge < -0.3 is 14.8 Å². The zero-order chi connectivity index (χ0) is 24.9. The van der Waals surface area contributed by atoms with Crippen molar-refractivity contribution in [3.05, 3.63) is 86.8 Å². The second-order valence-electron chi connectivity index (χ2n) is 8.18. The largest absolute Gasteiger partial charge is 0.484 e. The molecule has 2 heterocycles. The summed E-state index contributed by atoms with van der Waals surface area (Å²) in [6.45, 7) is 5.60. The van der Waals surface area contributed by atoms with Crippen molar-refractivity contribution < 1.29 is 19.1 Å². The summed E-state index contributed by atoms with van der Waals surface area (Å²) in [7, 11) is 0. The van der Waals surface area contributed by atoms with Gasteiger partial charge in [-0.2, -0.15) is 9.61 Å². The number of ether oxygens (including phenoxy) is 2. The molecule has 1 N–H and O–H groups in total. The van der Waals surface area contributed by atoms with Crippen LogP contribution in [-0.4, -0.2) is 33.1 Å². The molecular weight excluding hydrogens is 468 g/mol. The van der Waals surface area contributed by atoms with Gasteiger partial charge >= 0.3 is 5.97 Å². The predicted molar refractivity (Wildman–Crippen MR) is 132 cm³/mol. The van der Waals surface area contributed by atoms with E-state index in [4.69, 9.17) is 9.47 Å². The number of amides is 1. The minimum atomic E-state index is -0.605. The van der Waals surface area contributed by atoms with E-state index in [1.807, 2.05) is 32.9 Å². The third kappa shape index (κ3) is 6.10. The summed E-state index contributed by atoms with van der Waals surface area (Å²) in [6, 6.07) is 15.0. The number of nitrogens with zero attached hydrogens (tertiary/aromatic N) is 3. The molecule has 0 spiro atoms. The van der Waals surface area contributed by atoms with Gasteiger partial charge in [-0.25, -0.2) is 9.78 Å². The Hall–Kier alpha value is -4.05. The van der Waals surface area contributed by atoms with Gasteiger partial charge in [0.25, 0.3) is 11.5 Å². The maximum Gasteiger partial charge on any atom is 0.338 e. The van der Waals surface area contributed by atoms with Gasteiger partial charge in [-0.1, -0.05) is 48.9 Å². The monoisotopic (exact) mass is 492 g/mol. The number of carbonyl (C=O) groups excluding carboxylic acids is 2. The van der Waals surface area contributed by atoms with Crippen LogP contribution in [0.1, 0.15) is 46.4 Å². The van der Waals surface area contributed by atoms with E-state index in [0.29, 0.717) is 22.1 Å². The van der Waals surface area contributed by atoms with E-state index in [9.17, 15) is 14.4 Å². The summed E-state index contributed by atoms with van der Waals surface area (Å²) < 4.78 is 12.1. The first-order chi connectivity index (χ1) is 16.8. The molecule has 2 aromatic heterocycles. The summed E-state index contributed by atoms with van der Waals surface area (Å²) in [5.74, 6) is -0.205. The number of aromatic nitrogens is 3. The summed E-state index contributed by atoms with van der Waals surface area (Å²) >= 11 is 1.32. The highest BCUT2D eigenvalue weighted by molar-refractivity contribution is 7.16. The van der Waals surface area contributed by atoms with Gasteiger partial charge in [-0.15, -0.1) is 0 Å². The zero-order valence-corrected chi connectivity index (χ0v) is 20.3. The van der Waals surface area contributed by atoms with Crippen LogP contribution in [0.4, 0.5) is 5.69 Å². The number of nitrogens with one attached hydrogen (secondary N) is 1. The number of hydrogen-bond donors (Lipinski definition) is 1. The van der Waals surface area contributed by atoms with Crippen LogP contribution in [0.15, 0.2) is 59.4 Å². The number of hydrogen-bond acceptors (Lipinski definition) is 8. The fraction of sp³-hybridized carbons (Fsp3) is 0.240. The van der Waals surface area contributed by atoms with E-state index < -0.39 is 5.97 Å². The third-order valence-electron chi connectivity index (χ3n) is 4.93. The first-order valence-corrected chi connectivity index (χ1v) is 11.8. The van der Waals surface area contributed by atoms with Crippen LogP contribution in [0.5, 0.6) is 5.75 Å². The van der Waals surface area contributed by atoms with Crippen molar-refractivity contribution in [2.24, 2.45) is 0 Å². The summed E-state index contributed by atoms with van der Waals surface area (Å²) in [6.07, 6.45) is 0.